The van der Waals surface area contributed by atoms with Crippen LogP contribution in [-0.2, 0) is 4.79 Å². The van der Waals surface area contributed by atoms with Gasteiger partial charge < -0.3 is 19.5 Å². The van der Waals surface area contributed by atoms with E-state index in [4.69, 9.17) is 25.8 Å². The highest BCUT2D eigenvalue weighted by molar-refractivity contribution is 6.32. The molecule has 0 aliphatic heterocycles. The molecule has 0 saturated heterocycles. The summed E-state index contributed by atoms with van der Waals surface area (Å²) in [4.78, 5) is 12.5. The molecule has 0 bridgehead atoms. The maximum atomic E-state index is 12.5. The average Bonchev–Trinajstić information content (AvgIpc) is 2.72. The van der Waals surface area contributed by atoms with Crippen molar-refractivity contribution in [2.75, 3.05) is 25.6 Å². The second-order valence-electron chi connectivity index (χ2n) is 5.72. The number of amides is 1. The Kier molecular flexibility index (Phi) is 8.13. The quantitative estimate of drug-likeness (QED) is 0.361. The zero-order valence-electron chi connectivity index (χ0n) is 16.2. The summed E-state index contributed by atoms with van der Waals surface area (Å²) < 4.78 is 16.2. The molecule has 29 heavy (non-hydrogen) atoms. The Balaban J connectivity index is 2.23. The minimum atomic E-state index is -0.543. The van der Waals surface area contributed by atoms with Crippen LogP contribution in [0.25, 0.3) is 6.08 Å². The topological polar surface area (TPSA) is 80.6 Å². The van der Waals surface area contributed by atoms with Gasteiger partial charge in [-0.15, -0.1) is 0 Å². The predicted molar refractivity (Wildman–Crippen MR) is 114 cm³/mol. The lowest BCUT2D eigenvalue weighted by atomic mass is 10.1. The molecule has 1 amide bonds. The summed E-state index contributed by atoms with van der Waals surface area (Å²) in [6.45, 7) is 6.29. The summed E-state index contributed by atoms with van der Waals surface area (Å²) in [5.41, 5.74) is 0.983. The molecule has 0 spiro atoms. The van der Waals surface area contributed by atoms with E-state index >= 15 is 0 Å². The first-order valence-corrected chi connectivity index (χ1v) is 9.17. The smallest absolute Gasteiger partial charge is 0.266 e. The standard InChI is InChI=1S/C22H21ClN2O4/c1-4-10-29-21-19(23)12-15(13-20(21)27-3)11-16(14-24)22(26)25-17-6-8-18(9-7-17)28-5-2/h4,6-9,11-13H,1,5,10H2,2-3H3,(H,25,26)/b16-11-. The van der Waals surface area contributed by atoms with Gasteiger partial charge in [0.25, 0.3) is 5.91 Å². The fourth-order valence-corrected chi connectivity index (χ4v) is 2.69. The van der Waals surface area contributed by atoms with Gasteiger partial charge >= 0.3 is 0 Å². The third kappa shape index (κ3) is 6.03. The number of carbonyl (C=O) groups excluding carboxylic acids is 1. The number of rotatable bonds is 9. The Bertz CT molecular complexity index is 947. The number of ether oxygens (including phenoxy) is 3. The molecule has 0 radical (unpaired) electrons. The molecule has 0 aliphatic carbocycles. The number of hydrogen-bond acceptors (Lipinski definition) is 5. The first-order valence-electron chi connectivity index (χ1n) is 8.79. The van der Waals surface area contributed by atoms with Gasteiger partial charge in [-0.25, -0.2) is 0 Å². The van der Waals surface area contributed by atoms with Crippen molar-refractivity contribution < 1.29 is 19.0 Å². The molecular formula is C22H21ClN2O4. The molecule has 0 aliphatic rings. The number of anilines is 1. The van der Waals surface area contributed by atoms with Gasteiger partial charge in [0.2, 0.25) is 0 Å². The average molecular weight is 413 g/mol. The number of carbonyl (C=O) groups is 1. The van der Waals surface area contributed by atoms with Gasteiger partial charge in [-0.05, 0) is 55.0 Å². The van der Waals surface area contributed by atoms with Crippen molar-refractivity contribution in [2.24, 2.45) is 0 Å². The molecule has 150 valence electrons. The van der Waals surface area contributed by atoms with Crippen LogP contribution in [0, 0.1) is 11.3 Å². The Morgan fingerprint density at radius 3 is 2.59 bits per heavy atom. The summed E-state index contributed by atoms with van der Waals surface area (Å²) in [5.74, 6) is 0.902. The molecule has 0 heterocycles. The van der Waals surface area contributed by atoms with E-state index in [1.165, 1.54) is 13.2 Å². The molecule has 2 rings (SSSR count). The van der Waals surface area contributed by atoms with Crippen LogP contribution < -0.4 is 19.5 Å². The van der Waals surface area contributed by atoms with Crippen LogP contribution in [0.5, 0.6) is 17.2 Å². The van der Waals surface area contributed by atoms with Crippen molar-refractivity contribution in [3.63, 3.8) is 0 Å². The van der Waals surface area contributed by atoms with Gasteiger partial charge in [0.05, 0.1) is 18.7 Å². The number of benzene rings is 2. The van der Waals surface area contributed by atoms with Crippen molar-refractivity contribution in [1.29, 1.82) is 5.26 Å². The zero-order valence-corrected chi connectivity index (χ0v) is 17.0. The summed E-state index contributed by atoms with van der Waals surface area (Å²) >= 11 is 6.26. The van der Waals surface area contributed by atoms with Crippen LogP contribution in [0.2, 0.25) is 5.02 Å². The minimum absolute atomic E-state index is 0.0863. The molecular weight excluding hydrogens is 392 g/mol. The molecule has 7 heteroatoms. The van der Waals surface area contributed by atoms with Gasteiger partial charge in [-0.2, -0.15) is 5.26 Å². The molecule has 0 atom stereocenters. The first kappa shape index (κ1) is 21.9. The van der Waals surface area contributed by atoms with Crippen LogP contribution in [0.4, 0.5) is 5.69 Å². The minimum Gasteiger partial charge on any atom is -0.494 e. The van der Waals surface area contributed by atoms with E-state index in [1.54, 1.807) is 42.5 Å². The van der Waals surface area contributed by atoms with Crippen LogP contribution >= 0.6 is 11.6 Å². The lowest BCUT2D eigenvalue weighted by Gasteiger charge is -2.12. The van der Waals surface area contributed by atoms with Gasteiger partial charge in [0.15, 0.2) is 11.5 Å². The molecule has 0 fully saturated rings. The Morgan fingerprint density at radius 2 is 2.00 bits per heavy atom. The lowest BCUT2D eigenvalue weighted by Crippen LogP contribution is -2.13. The highest BCUT2D eigenvalue weighted by Crippen LogP contribution is 2.37. The summed E-state index contributed by atoms with van der Waals surface area (Å²) in [6.07, 6.45) is 3.01. The number of hydrogen-bond donors (Lipinski definition) is 1. The normalized spacial score (nSPS) is 10.6. The number of halogens is 1. The molecule has 0 aromatic heterocycles. The van der Waals surface area contributed by atoms with E-state index < -0.39 is 5.91 Å². The largest absolute Gasteiger partial charge is 0.494 e. The van der Waals surface area contributed by atoms with Crippen LogP contribution in [0.3, 0.4) is 0 Å². The van der Waals surface area contributed by atoms with Crippen molar-refractivity contribution in [2.45, 2.75) is 6.92 Å². The van der Waals surface area contributed by atoms with Gasteiger partial charge in [0.1, 0.15) is 24.0 Å². The predicted octanol–water partition coefficient (Wildman–Crippen LogP) is 4.86. The molecule has 2 aromatic rings. The van der Waals surface area contributed by atoms with Gasteiger partial charge in [-0.3, -0.25) is 4.79 Å². The fourth-order valence-electron chi connectivity index (χ4n) is 2.42. The maximum absolute atomic E-state index is 12.5. The van der Waals surface area contributed by atoms with Gasteiger partial charge in [-0.1, -0.05) is 24.3 Å². The Morgan fingerprint density at radius 1 is 1.28 bits per heavy atom. The van der Waals surface area contributed by atoms with E-state index in [0.29, 0.717) is 40.1 Å². The number of nitrogens with one attached hydrogen (secondary N) is 1. The highest BCUT2D eigenvalue weighted by Gasteiger charge is 2.14. The first-order chi connectivity index (χ1) is 14.0. The number of nitrogens with zero attached hydrogens (tertiary/aromatic N) is 1. The third-order valence-electron chi connectivity index (χ3n) is 3.70. The Labute approximate surface area is 175 Å². The van der Waals surface area contributed by atoms with Crippen molar-refractivity contribution in [3.8, 4) is 23.3 Å². The van der Waals surface area contributed by atoms with E-state index in [-0.39, 0.29) is 12.2 Å². The lowest BCUT2D eigenvalue weighted by molar-refractivity contribution is -0.112. The molecule has 1 N–H and O–H groups in total. The van der Waals surface area contributed by atoms with E-state index in [9.17, 15) is 10.1 Å². The van der Waals surface area contributed by atoms with Gasteiger partial charge in [0, 0.05) is 5.69 Å². The van der Waals surface area contributed by atoms with Crippen LogP contribution in [-0.4, -0.2) is 26.2 Å². The second-order valence-corrected chi connectivity index (χ2v) is 6.12. The van der Waals surface area contributed by atoms with E-state index in [2.05, 4.69) is 11.9 Å². The SMILES string of the molecule is C=CCOc1c(Cl)cc(/C=C(/C#N)C(=O)Nc2ccc(OCC)cc2)cc1OC. The monoisotopic (exact) mass is 412 g/mol. The molecule has 0 unspecified atom stereocenters. The molecule has 6 nitrogen and oxygen atoms in total. The second kappa shape index (κ2) is 10.8. The highest BCUT2D eigenvalue weighted by atomic mass is 35.5. The summed E-state index contributed by atoms with van der Waals surface area (Å²) in [6, 6.07) is 12.0. The van der Waals surface area contributed by atoms with E-state index in [1.807, 2.05) is 13.0 Å². The maximum Gasteiger partial charge on any atom is 0.266 e. The van der Waals surface area contributed by atoms with Crippen molar-refractivity contribution >= 4 is 29.3 Å². The number of methoxy groups -OCH3 is 1. The van der Waals surface area contributed by atoms with Crippen LogP contribution in [0.1, 0.15) is 12.5 Å². The van der Waals surface area contributed by atoms with E-state index in [0.717, 1.165) is 0 Å². The molecule has 2 aromatic carbocycles. The number of nitriles is 1. The van der Waals surface area contributed by atoms with Crippen LogP contribution in [0.15, 0.2) is 54.6 Å². The molecule has 0 saturated carbocycles. The third-order valence-corrected chi connectivity index (χ3v) is 3.98. The van der Waals surface area contributed by atoms with Crippen molar-refractivity contribution in [3.05, 3.63) is 65.2 Å². The fraction of sp³-hybridized carbons (Fsp3) is 0.182. The zero-order chi connectivity index (χ0) is 21.2. The summed E-state index contributed by atoms with van der Waals surface area (Å²) in [7, 11) is 1.48. The Hall–Kier alpha value is -3.43. The van der Waals surface area contributed by atoms with Crippen molar-refractivity contribution in [1.82, 2.24) is 0 Å². The summed E-state index contributed by atoms with van der Waals surface area (Å²) in [5, 5.41) is 12.4.